The van der Waals surface area contributed by atoms with Crippen LogP contribution in [0.2, 0.25) is 0 Å². The maximum Gasteiger partial charge on any atom is 0.237 e. The predicted octanol–water partition coefficient (Wildman–Crippen LogP) is 3.45. The molecule has 0 bridgehead atoms. The first-order chi connectivity index (χ1) is 11.7. The summed E-state index contributed by atoms with van der Waals surface area (Å²) in [5, 5.41) is 19.2. The van der Waals surface area contributed by atoms with E-state index in [0.29, 0.717) is 22.3 Å². The third-order valence-electron chi connectivity index (χ3n) is 4.13. The Balaban J connectivity index is 1.58. The van der Waals surface area contributed by atoms with Gasteiger partial charge in [0, 0.05) is 11.6 Å². The molecule has 2 N–H and O–H groups in total. The van der Waals surface area contributed by atoms with Crippen molar-refractivity contribution in [3.63, 3.8) is 0 Å². The second-order valence-electron chi connectivity index (χ2n) is 5.93. The van der Waals surface area contributed by atoms with E-state index >= 15 is 0 Å². The monoisotopic (exact) mass is 341 g/mol. The first kappa shape index (κ1) is 16.5. The Labute approximate surface area is 145 Å². The van der Waals surface area contributed by atoms with E-state index in [4.69, 9.17) is 5.26 Å². The number of carbonyl (C=O) groups is 1. The number of aromatic amines is 1. The summed E-state index contributed by atoms with van der Waals surface area (Å²) >= 11 is 1.33. The summed E-state index contributed by atoms with van der Waals surface area (Å²) in [6.45, 7) is 1.82. The molecule has 0 radical (unpaired) electrons. The van der Waals surface area contributed by atoms with E-state index in [2.05, 4.69) is 26.6 Å². The fourth-order valence-corrected chi connectivity index (χ4v) is 3.55. The van der Waals surface area contributed by atoms with Gasteiger partial charge in [0.2, 0.25) is 11.1 Å². The zero-order chi connectivity index (χ0) is 16.9. The van der Waals surface area contributed by atoms with Crippen LogP contribution in [0.25, 0.3) is 0 Å². The Morgan fingerprint density at radius 1 is 1.46 bits per heavy atom. The summed E-state index contributed by atoms with van der Waals surface area (Å²) in [4.78, 5) is 16.8. The summed E-state index contributed by atoms with van der Waals surface area (Å²) < 4.78 is 0. The number of amides is 1. The van der Waals surface area contributed by atoms with Gasteiger partial charge in [0.25, 0.3) is 0 Å². The largest absolute Gasteiger partial charge is 0.325 e. The standard InChI is InChI=1S/C17H19N5OS/c1-11(16(23)19-14-8-4-5-12(9-14)10-18)24-17-20-15(21-22-17)13-6-2-3-7-13/h4-5,8-9,11,13H,2-3,6-7H2,1H3,(H,19,23)(H,20,21,22). The van der Waals surface area contributed by atoms with Crippen LogP contribution in [0.5, 0.6) is 0 Å². The number of hydrogen-bond acceptors (Lipinski definition) is 5. The van der Waals surface area contributed by atoms with Gasteiger partial charge >= 0.3 is 0 Å². The number of thioether (sulfide) groups is 1. The van der Waals surface area contributed by atoms with E-state index in [1.165, 1.54) is 24.6 Å². The zero-order valence-corrected chi connectivity index (χ0v) is 14.3. The Kier molecular flexibility index (Phi) is 5.16. The number of nitrogens with zero attached hydrogens (tertiary/aromatic N) is 3. The van der Waals surface area contributed by atoms with Gasteiger partial charge < -0.3 is 5.32 Å². The summed E-state index contributed by atoms with van der Waals surface area (Å²) in [6, 6.07) is 8.92. The van der Waals surface area contributed by atoms with Crippen molar-refractivity contribution in [3.05, 3.63) is 35.7 Å². The van der Waals surface area contributed by atoms with Gasteiger partial charge in [-0.25, -0.2) is 4.98 Å². The molecule has 0 saturated heterocycles. The molecule has 1 aromatic heterocycles. The molecule has 6 nitrogen and oxygen atoms in total. The molecule has 1 aliphatic carbocycles. The van der Waals surface area contributed by atoms with Crippen LogP contribution in [0.1, 0.15) is 49.9 Å². The molecule has 1 heterocycles. The quantitative estimate of drug-likeness (QED) is 0.812. The summed E-state index contributed by atoms with van der Waals surface area (Å²) in [5.41, 5.74) is 1.14. The average Bonchev–Trinajstić information content (AvgIpc) is 3.26. The Hall–Kier alpha value is -2.33. The second kappa shape index (κ2) is 7.49. The van der Waals surface area contributed by atoms with Crippen LogP contribution in [-0.4, -0.2) is 26.3 Å². The molecule has 3 rings (SSSR count). The van der Waals surface area contributed by atoms with Crippen molar-refractivity contribution in [1.29, 1.82) is 5.26 Å². The molecule has 1 amide bonds. The molecular weight excluding hydrogens is 322 g/mol. The lowest BCUT2D eigenvalue weighted by Gasteiger charge is -2.10. The number of anilines is 1. The number of aromatic nitrogens is 3. The lowest BCUT2D eigenvalue weighted by molar-refractivity contribution is -0.115. The molecule has 1 unspecified atom stereocenters. The minimum atomic E-state index is -0.331. The Bertz CT molecular complexity index is 760. The van der Waals surface area contributed by atoms with Gasteiger partial charge in [-0.2, -0.15) is 5.26 Å². The maximum absolute atomic E-state index is 12.3. The third-order valence-corrected chi connectivity index (χ3v) is 5.10. The van der Waals surface area contributed by atoms with Gasteiger partial charge in [0.05, 0.1) is 16.9 Å². The van der Waals surface area contributed by atoms with Gasteiger partial charge in [0.15, 0.2) is 0 Å². The van der Waals surface area contributed by atoms with Crippen molar-refractivity contribution in [3.8, 4) is 6.07 Å². The van der Waals surface area contributed by atoms with Gasteiger partial charge in [-0.15, -0.1) is 5.10 Å². The van der Waals surface area contributed by atoms with Crippen LogP contribution in [0.15, 0.2) is 29.4 Å². The average molecular weight is 341 g/mol. The molecule has 1 aliphatic rings. The van der Waals surface area contributed by atoms with Crippen LogP contribution >= 0.6 is 11.8 Å². The molecule has 124 valence electrons. The predicted molar refractivity (Wildman–Crippen MR) is 92.7 cm³/mol. The SMILES string of the molecule is CC(Sc1n[nH]c(C2CCCC2)n1)C(=O)Nc1cccc(C#N)c1. The number of benzene rings is 1. The Morgan fingerprint density at radius 3 is 3.00 bits per heavy atom. The first-order valence-corrected chi connectivity index (χ1v) is 8.93. The van der Waals surface area contributed by atoms with Crippen molar-refractivity contribution in [2.45, 2.75) is 48.9 Å². The van der Waals surface area contributed by atoms with Crippen molar-refractivity contribution < 1.29 is 4.79 Å². The zero-order valence-electron chi connectivity index (χ0n) is 13.5. The smallest absolute Gasteiger partial charge is 0.237 e. The molecule has 2 aromatic rings. The lowest BCUT2D eigenvalue weighted by atomic mass is 10.1. The van der Waals surface area contributed by atoms with Crippen molar-refractivity contribution in [1.82, 2.24) is 15.2 Å². The van der Waals surface area contributed by atoms with E-state index in [-0.39, 0.29) is 11.2 Å². The van der Waals surface area contributed by atoms with Crippen LogP contribution in [0.4, 0.5) is 5.69 Å². The van der Waals surface area contributed by atoms with E-state index in [9.17, 15) is 4.79 Å². The molecule has 0 spiro atoms. The normalized spacial score (nSPS) is 15.8. The van der Waals surface area contributed by atoms with Gasteiger partial charge in [-0.05, 0) is 38.0 Å². The highest BCUT2D eigenvalue weighted by atomic mass is 32.2. The van der Waals surface area contributed by atoms with Crippen LogP contribution in [0.3, 0.4) is 0 Å². The molecule has 1 aromatic carbocycles. The van der Waals surface area contributed by atoms with Crippen LogP contribution in [0, 0.1) is 11.3 Å². The molecule has 1 fully saturated rings. The third kappa shape index (κ3) is 3.95. The molecule has 1 saturated carbocycles. The van der Waals surface area contributed by atoms with E-state index in [1.807, 2.05) is 6.92 Å². The highest BCUT2D eigenvalue weighted by molar-refractivity contribution is 8.00. The lowest BCUT2D eigenvalue weighted by Crippen LogP contribution is -2.22. The Morgan fingerprint density at radius 2 is 2.25 bits per heavy atom. The molecular formula is C17H19N5OS. The molecule has 24 heavy (non-hydrogen) atoms. The van der Waals surface area contributed by atoms with Gasteiger partial charge in [-0.3, -0.25) is 9.89 Å². The van der Waals surface area contributed by atoms with Gasteiger partial charge in [0.1, 0.15) is 5.82 Å². The number of H-pyrrole nitrogens is 1. The van der Waals surface area contributed by atoms with Crippen molar-refractivity contribution >= 4 is 23.4 Å². The number of rotatable bonds is 5. The van der Waals surface area contributed by atoms with Crippen LogP contribution in [-0.2, 0) is 4.79 Å². The topological polar surface area (TPSA) is 94.5 Å². The summed E-state index contributed by atoms with van der Waals surface area (Å²) in [5.74, 6) is 1.27. The number of nitriles is 1. The second-order valence-corrected chi connectivity index (χ2v) is 7.23. The first-order valence-electron chi connectivity index (χ1n) is 8.05. The number of carbonyl (C=O) groups excluding carboxylic acids is 1. The van der Waals surface area contributed by atoms with Gasteiger partial charge in [-0.1, -0.05) is 30.7 Å². The highest BCUT2D eigenvalue weighted by Crippen LogP contribution is 2.33. The van der Waals surface area contributed by atoms with E-state index in [0.717, 1.165) is 18.7 Å². The number of hydrogen-bond donors (Lipinski definition) is 2. The highest BCUT2D eigenvalue weighted by Gasteiger charge is 2.22. The molecule has 7 heteroatoms. The van der Waals surface area contributed by atoms with Crippen molar-refractivity contribution in [2.24, 2.45) is 0 Å². The summed E-state index contributed by atoms with van der Waals surface area (Å²) in [6.07, 6.45) is 4.80. The molecule has 0 aliphatic heterocycles. The number of nitrogens with one attached hydrogen (secondary N) is 2. The van der Waals surface area contributed by atoms with Crippen LogP contribution < -0.4 is 5.32 Å². The summed E-state index contributed by atoms with van der Waals surface area (Å²) in [7, 11) is 0. The van der Waals surface area contributed by atoms with E-state index in [1.54, 1.807) is 24.3 Å². The minimum Gasteiger partial charge on any atom is -0.325 e. The minimum absolute atomic E-state index is 0.137. The van der Waals surface area contributed by atoms with Crippen molar-refractivity contribution in [2.75, 3.05) is 5.32 Å². The maximum atomic E-state index is 12.3. The fourth-order valence-electron chi connectivity index (χ4n) is 2.81. The molecule has 1 atom stereocenters. The van der Waals surface area contributed by atoms with E-state index < -0.39 is 0 Å². The fraction of sp³-hybridized carbons (Fsp3) is 0.412.